The Morgan fingerprint density at radius 3 is 2.88 bits per heavy atom. The van der Waals surface area contributed by atoms with Crippen LogP contribution in [-0.2, 0) is 9.59 Å². The summed E-state index contributed by atoms with van der Waals surface area (Å²) in [4.78, 5) is 40.9. The molecule has 25 heavy (non-hydrogen) atoms. The van der Waals surface area contributed by atoms with Crippen LogP contribution in [-0.4, -0.2) is 46.1 Å². The summed E-state index contributed by atoms with van der Waals surface area (Å²) in [6, 6.07) is 6.49. The second kappa shape index (κ2) is 7.70. The predicted molar refractivity (Wildman–Crippen MR) is 95.9 cm³/mol. The Balaban J connectivity index is 1.46. The van der Waals surface area contributed by atoms with E-state index in [1.54, 1.807) is 0 Å². The quantitative estimate of drug-likeness (QED) is 0.543. The zero-order valence-electron chi connectivity index (χ0n) is 13.2. The summed E-state index contributed by atoms with van der Waals surface area (Å²) in [5.74, 6) is -0.652. The molecule has 1 aromatic carbocycles. The van der Waals surface area contributed by atoms with Crippen LogP contribution in [0.4, 0.5) is 4.79 Å². The number of hydrogen-bond acceptors (Lipinski definition) is 6. The van der Waals surface area contributed by atoms with Gasteiger partial charge in [0, 0.05) is 6.54 Å². The number of aromatic nitrogens is 1. The zero-order valence-corrected chi connectivity index (χ0v) is 14.9. The average molecular weight is 379 g/mol. The summed E-state index contributed by atoms with van der Waals surface area (Å²) >= 11 is 2.82. The number of hydrogen-bond donors (Lipinski definition) is 3. The first-order valence-electron chi connectivity index (χ1n) is 7.68. The first kappa shape index (κ1) is 17.5. The van der Waals surface area contributed by atoms with E-state index >= 15 is 0 Å². The largest absolute Gasteiger partial charge is 0.351 e. The third-order valence-corrected chi connectivity index (χ3v) is 5.94. The van der Waals surface area contributed by atoms with Gasteiger partial charge in [-0.05, 0) is 25.0 Å². The van der Waals surface area contributed by atoms with E-state index in [0.29, 0.717) is 19.4 Å². The summed E-state index contributed by atoms with van der Waals surface area (Å²) in [6.45, 7) is 0.453. The molecule has 8 nitrogen and oxygen atoms in total. The highest BCUT2D eigenvalue weighted by Crippen LogP contribution is 2.28. The van der Waals surface area contributed by atoms with Gasteiger partial charge in [0.25, 0.3) is 5.91 Å². The normalized spacial score (nSPS) is 16.8. The Morgan fingerprint density at radius 1 is 1.32 bits per heavy atom. The van der Waals surface area contributed by atoms with Gasteiger partial charge in [0.2, 0.25) is 5.91 Å². The van der Waals surface area contributed by atoms with Crippen molar-refractivity contribution in [3.05, 3.63) is 24.3 Å². The molecule has 0 radical (unpaired) electrons. The number of amides is 4. The van der Waals surface area contributed by atoms with Crippen LogP contribution in [0.5, 0.6) is 0 Å². The molecular weight excluding hydrogens is 362 g/mol. The van der Waals surface area contributed by atoms with Crippen molar-refractivity contribution in [2.75, 3.05) is 12.3 Å². The molecule has 1 saturated heterocycles. The maximum Gasteiger partial charge on any atom is 0.315 e. The lowest BCUT2D eigenvalue weighted by atomic mass is 10.2. The number of para-hydroxylation sites is 1. The van der Waals surface area contributed by atoms with Crippen LogP contribution < -0.4 is 16.6 Å². The number of carbonyl (C=O) groups is 3. The van der Waals surface area contributed by atoms with Crippen LogP contribution in [0, 0.1) is 0 Å². The Bertz CT molecular complexity index is 776. The smallest absolute Gasteiger partial charge is 0.315 e. The van der Waals surface area contributed by atoms with Crippen molar-refractivity contribution in [2.45, 2.75) is 23.2 Å². The van der Waals surface area contributed by atoms with Gasteiger partial charge in [0.1, 0.15) is 6.04 Å². The maximum absolute atomic E-state index is 12.1. The lowest BCUT2D eigenvalue weighted by Crippen LogP contribution is -2.52. The Labute approximate surface area is 152 Å². The molecule has 1 aromatic heterocycles. The number of primary amides is 1. The van der Waals surface area contributed by atoms with Crippen LogP contribution in [0.2, 0.25) is 0 Å². The summed E-state index contributed by atoms with van der Waals surface area (Å²) in [7, 11) is 0. The fourth-order valence-corrected chi connectivity index (χ4v) is 4.46. The number of carbonyl (C=O) groups excluding carboxylic acids is 3. The molecule has 1 fully saturated rings. The lowest BCUT2D eigenvalue weighted by molar-refractivity contribution is -0.130. The van der Waals surface area contributed by atoms with Crippen LogP contribution in [0.1, 0.15) is 12.8 Å². The minimum Gasteiger partial charge on any atom is -0.351 e. The minimum atomic E-state index is -0.630. The highest BCUT2D eigenvalue weighted by Gasteiger charge is 2.33. The van der Waals surface area contributed by atoms with Crippen molar-refractivity contribution < 1.29 is 14.4 Å². The number of thioether (sulfide) groups is 1. The Hall–Kier alpha value is -2.33. The van der Waals surface area contributed by atoms with Crippen molar-refractivity contribution in [3.63, 3.8) is 0 Å². The second-order valence-corrected chi connectivity index (χ2v) is 7.72. The van der Waals surface area contributed by atoms with Gasteiger partial charge in [-0.25, -0.2) is 9.78 Å². The van der Waals surface area contributed by atoms with Gasteiger partial charge in [0.15, 0.2) is 4.34 Å². The number of nitrogens with zero attached hydrogens (tertiary/aromatic N) is 2. The number of likely N-dealkylation sites (tertiary alicyclic amines) is 1. The van der Waals surface area contributed by atoms with Gasteiger partial charge < -0.3 is 10.6 Å². The molecule has 2 heterocycles. The van der Waals surface area contributed by atoms with Gasteiger partial charge in [-0.2, -0.15) is 0 Å². The number of nitrogens with two attached hydrogens (primary N) is 1. The highest BCUT2D eigenvalue weighted by molar-refractivity contribution is 8.01. The summed E-state index contributed by atoms with van der Waals surface area (Å²) in [5, 5.41) is 0. The van der Waals surface area contributed by atoms with Gasteiger partial charge in [-0.1, -0.05) is 23.9 Å². The zero-order chi connectivity index (χ0) is 17.8. The van der Waals surface area contributed by atoms with E-state index < -0.39 is 18.0 Å². The SMILES string of the molecule is NC(=O)N1CCC[C@@H]1C(=O)NNC(=O)CSc1nc2ccccc2s1. The number of rotatable bonds is 4. The fraction of sp³-hybridized carbons (Fsp3) is 0.333. The first-order valence-corrected chi connectivity index (χ1v) is 9.48. The molecule has 4 N–H and O–H groups in total. The summed E-state index contributed by atoms with van der Waals surface area (Å²) < 4.78 is 1.85. The summed E-state index contributed by atoms with van der Waals surface area (Å²) in [6.07, 6.45) is 1.24. The molecule has 0 spiro atoms. The molecule has 0 saturated carbocycles. The van der Waals surface area contributed by atoms with Gasteiger partial charge in [-0.3, -0.25) is 20.4 Å². The molecular formula is C15H17N5O3S2. The van der Waals surface area contributed by atoms with E-state index in [1.165, 1.54) is 28.0 Å². The van der Waals surface area contributed by atoms with Crippen LogP contribution >= 0.6 is 23.1 Å². The Kier molecular flexibility index (Phi) is 5.39. The standard InChI is InChI=1S/C15H17N5O3S2/c16-14(23)20-7-3-5-10(20)13(22)19-18-12(21)8-24-15-17-9-4-1-2-6-11(9)25-15/h1-2,4,6,10H,3,5,7-8H2,(H2,16,23)(H,18,21)(H,19,22)/t10-/m1/s1. The first-order chi connectivity index (χ1) is 12.0. The molecule has 132 valence electrons. The maximum atomic E-state index is 12.1. The van der Waals surface area contributed by atoms with Crippen molar-refractivity contribution in [1.82, 2.24) is 20.7 Å². The van der Waals surface area contributed by atoms with E-state index in [-0.39, 0.29) is 11.7 Å². The number of nitrogens with one attached hydrogen (secondary N) is 2. The molecule has 3 rings (SSSR count). The predicted octanol–water partition coefficient (Wildman–Crippen LogP) is 1.08. The number of benzene rings is 1. The van der Waals surface area contributed by atoms with Crippen LogP contribution in [0.3, 0.4) is 0 Å². The number of urea groups is 1. The molecule has 2 aromatic rings. The Morgan fingerprint density at radius 2 is 2.12 bits per heavy atom. The third-order valence-electron chi connectivity index (χ3n) is 3.76. The molecule has 1 aliphatic heterocycles. The number of thiazole rings is 1. The van der Waals surface area contributed by atoms with Gasteiger partial charge in [0.05, 0.1) is 16.0 Å². The number of fused-ring (bicyclic) bond motifs is 1. The van der Waals surface area contributed by atoms with Crippen molar-refractivity contribution in [2.24, 2.45) is 5.73 Å². The molecule has 1 aliphatic rings. The van der Waals surface area contributed by atoms with E-state index in [9.17, 15) is 14.4 Å². The van der Waals surface area contributed by atoms with Gasteiger partial charge >= 0.3 is 6.03 Å². The van der Waals surface area contributed by atoms with E-state index in [1.807, 2.05) is 24.3 Å². The van der Waals surface area contributed by atoms with Crippen molar-refractivity contribution in [3.8, 4) is 0 Å². The average Bonchev–Trinajstić information content (AvgIpc) is 3.24. The van der Waals surface area contributed by atoms with E-state index in [2.05, 4.69) is 15.8 Å². The van der Waals surface area contributed by atoms with Crippen LogP contribution in [0.25, 0.3) is 10.2 Å². The molecule has 0 bridgehead atoms. The molecule has 1 atom stereocenters. The molecule has 0 unspecified atom stereocenters. The minimum absolute atomic E-state index is 0.129. The number of hydrazine groups is 1. The summed E-state index contributed by atoms with van der Waals surface area (Å²) in [5.41, 5.74) is 10.9. The fourth-order valence-electron chi connectivity index (χ4n) is 2.59. The molecule has 10 heteroatoms. The highest BCUT2D eigenvalue weighted by atomic mass is 32.2. The monoisotopic (exact) mass is 379 g/mol. The van der Waals surface area contributed by atoms with E-state index in [0.717, 1.165) is 14.6 Å². The second-order valence-electron chi connectivity index (χ2n) is 5.46. The lowest BCUT2D eigenvalue weighted by Gasteiger charge is -2.21. The van der Waals surface area contributed by atoms with E-state index in [4.69, 9.17) is 5.73 Å². The van der Waals surface area contributed by atoms with Crippen molar-refractivity contribution in [1.29, 1.82) is 0 Å². The van der Waals surface area contributed by atoms with Crippen molar-refractivity contribution >= 4 is 51.2 Å². The molecule has 0 aliphatic carbocycles. The third kappa shape index (κ3) is 4.20. The van der Waals surface area contributed by atoms with Crippen LogP contribution in [0.15, 0.2) is 28.6 Å². The van der Waals surface area contributed by atoms with Gasteiger partial charge in [-0.15, -0.1) is 11.3 Å². The topological polar surface area (TPSA) is 117 Å². The molecule has 4 amide bonds.